The smallest absolute Gasteiger partial charge is 0.256 e. The zero-order valence-electron chi connectivity index (χ0n) is 15.5. The van der Waals surface area contributed by atoms with Crippen LogP contribution in [0.25, 0.3) is 0 Å². The van der Waals surface area contributed by atoms with E-state index in [1.165, 1.54) is 24.1 Å². The number of amides is 1. The Morgan fingerprint density at radius 2 is 1.93 bits per heavy atom. The van der Waals surface area contributed by atoms with Crippen LogP contribution in [-0.2, 0) is 0 Å². The highest BCUT2D eigenvalue weighted by Crippen LogP contribution is 2.32. The number of rotatable bonds is 5. The van der Waals surface area contributed by atoms with Gasteiger partial charge in [-0.05, 0) is 30.3 Å². The van der Waals surface area contributed by atoms with Crippen molar-refractivity contribution >= 4 is 17.5 Å². The fourth-order valence-electron chi connectivity index (χ4n) is 3.13. The van der Waals surface area contributed by atoms with Crippen LogP contribution in [0.4, 0.5) is 4.39 Å². The highest BCUT2D eigenvalue weighted by atomic mass is 35.5. The van der Waals surface area contributed by atoms with Crippen LogP contribution in [0.2, 0.25) is 5.02 Å². The summed E-state index contributed by atoms with van der Waals surface area (Å²) < 4.78 is 30.3. The first kappa shape index (κ1) is 20.2. The maximum atomic E-state index is 14.0. The quantitative estimate of drug-likeness (QED) is 0.821. The minimum Gasteiger partial charge on any atom is -0.493 e. The highest BCUT2D eigenvalue weighted by Gasteiger charge is 2.33. The summed E-state index contributed by atoms with van der Waals surface area (Å²) in [5.74, 6) is 0.430. The number of aliphatic hydroxyl groups excluding tert-OH is 1. The number of hydrogen-bond donors (Lipinski definition) is 1. The molecule has 0 unspecified atom stereocenters. The summed E-state index contributed by atoms with van der Waals surface area (Å²) in [6, 6.07) is 9.00. The number of likely N-dealkylation sites (tertiary alicyclic amines) is 1. The Balaban J connectivity index is 1.66. The van der Waals surface area contributed by atoms with Crippen LogP contribution in [0, 0.1) is 5.82 Å². The Bertz CT molecular complexity index is 862. The van der Waals surface area contributed by atoms with Gasteiger partial charge in [-0.1, -0.05) is 11.6 Å². The van der Waals surface area contributed by atoms with Gasteiger partial charge in [-0.3, -0.25) is 4.79 Å². The van der Waals surface area contributed by atoms with E-state index in [4.69, 9.17) is 25.8 Å². The molecule has 0 radical (unpaired) electrons. The molecule has 1 N–H and O–H groups in total. The second-order valence-corrected chi connectivity index (χ2v) is 6.84. The van der Waals surface area contributed by atoms with E-state index in [2.05, 4.69) is 0 Å². The molecule has 0 spiro atoms. The van der Waals surface area contributed by atoms with Crippen molar-refractivity contribution in [3.63, 3.8) is 0 Å². The first-order chi connectivity index (χ1) is 13.4. The number of aliphatic hydroxyl groups is 1. The van der Waals surface area contributed by atoms with Crippen molar-refractivity contribution in [3.8, 4) is 17.2 Å². The van der Waals surface area contributed by atoms with Crippen molar-refractivity contribution in [1.82, 2.24) is 4.90 Å². The average molecular weight is 410 g/mol. The number of hydrogen-bond acceptors (Lipinski definition) is 5. The lowest BCUT2D eigenvalue weighted by molar-refractivity contribution is -0.0200. The fourth-order valence-corrected chi connectivity index (χ4v) is 3.29. The molecule has 0 aliphatic carbocycles. The van der Waals surface area contributed by atoms with Crippen LogP contribution in [0.5, 0.6) is 17.2 Å². The number of ether oxygens (including phenoxy) is 3. The molecule has 1 fully saturated rings. The SMILES string of the molecule is COc1ccc(O[C@@H]2CCN(C(=O)c3ccc(Cl)cc3F)C[C@H]2O)cc1OC. The fraction of sp³-hybridized carbons (Fsp3) is 0.350. The number of nitrogens with zero attached hydrogens (tertiary/aromatic N) is 1. The lowest BCUT2D eigenvalue weighted by Crippen LogP contribution is -2.51. The third-order valence-corrected chi connectivity index (χ3v) is 4.85. The van der Waals surface area contributed by atoms with Gasteiger partial charge in [-0.2, -0.15) is 0 Å². The van der Waals surface area contributed by atoms with E-state index in [1.54, 1.807) is 25.3 Å². The molecule has 1 aliphatic heterocycles. The molecule has 0 saturated carbocycles. The molecule has 1 saturated heterocycles. The number of halogens is 2. The summed E-state index contributed by atoms with van der Waals surface area (Å²) in [5.41, 5.74) is -0.0733. The minimum atomic E-state index is -0.916. The molecule has 2 aromatic carbocycles. The second kappa shape index (κ2) is 8.67. The largest absolute Gasteiger partial charge is 0.493 e. The van der Waals surface area contributed by atoms with E-state index in [0.29, 0.717) is 30.2 Å². The normalized spacial score (nSPS) is 19.2. The lowest BCUT2D eigenvalue weighted by Gasteiger charge is -2.36. The molecule has 1 aliphatic rings. The number of piperidine rings is 1. The maximum absolute atomic E-state index is 14.0. The first-order valence-electron chi connectivity index (χ1n) is 8.74. The molecule has 1 heterocycles. The van der Waals surface area contributed by atoms with Crippen LogP contribution in [0.1, 0.15) is 16.8 Å². The molecule has 150 valence electrons. The van der Waals surface area contributed by atoms with Gasteiger partial charge >= 0.3 is 0 Å². The molecule has 28 heavy (non-hydrogen) atoms. The van der Waals surface area contributed by atoms with Crippen LogP contribution in [-0.4, -0.2) is 55.4 Å². The first-order valence-corrected chi connectivity index (χ1v) is 9.11. The van der Waals surface area contributed by atoms with E-state index in [9.17, 15) is 14.3 Å². The third-order valence-electron chi connectivity index (χ3n) is 4.61. The van der Waals surface area contributed by atoms with Crippen molar-refractivity contribution in [1.29, 1.82) is 0 Å². The van der Waals surface area contributed by atoms with Crippen molar-refractivity contribution in [2.75, 3.05) is 27.3 Å². The zero-order chi connectivity index (χ0) is 20.3. The van der Waals surface area contributed by atoms with Gasteiger partial charge in [-0.25, -0.2) is 4.39 Å². The Hall–Kier alpha value is -2.51. The molecular weight excluding hydrogens is 389 g/mol. The van der Waals surface area contributed by atoms with Crippen molar-refractivity contribution < 1.29 is 28.5 Å². The summed E-state index contributed by atoms with van der Waals surface area (Å²) in [5, 5.41) is 10.7. The van der Waals surface area contributed by atoms with Gasteiger partial charge in [0.05, 0.1) is 26.3 Å². The Morgan fingerprint density at radius 1 is 1.18 bits per heavy atom. The molecule has 2 aromatic rings. The van der Waals surface area contributed by atoms with Crippen LogP contribution in [0.3, 0.4) is 0 Å². The molecule has 8 heteroatoms. The zero-order valence-corrected chi connectivity index (χ0v) is 16.3. The average Bonchev–Trinajstić information content (AvgIpc) is 2.69. The van der Waals surface area contributed by atoms with Crippen molar-refractivity contribution in [2.45, 2.75) is 18.6 Å². The van der Waals surface area contributed by atoms with Gasteiger partial charge in [0.1, 0.15) is 23.8 Å². The third kappa shape index (κ3) is 4.31. The number of carbonyl (C=O) groups is 1. The molecule has 3 rings (SSSR count). The minimum absolute atomic E-state index is 0.0405. The van der Waals surface area contributed by atoms with Gasteiger partial charge in [0, 0.05) is 24.1 Å². The number of carbonyl (C=O) groups excluding carboxylic acids is 1. The standard InChI is InChI=1S/C20H21ClFNO5/c1-26-18-6-4-13(10-19(18)27-2)28-17-7-8-23(11-16(17)24)20(25)14-5-3-12(21)9-15(14)22/h3-6,9-10,16-17,24H,7-8,11H2,1-2H3/t16-,17-/m1/s1. The van der Waals surface area contributed by atoms with Gasteiger partial charge in [0.25, 0.3) is 5.91 Å². The molecule has 0 aromatic heterocycles. The highest BCUT2D eigenvalue weighted by molar-refractivity contribution is 6.30. The Morgan fingerprint density at radius 3 is 2.57 bits per heavy atom. The van der Waals surface area contributed by atoms with Crippen LogP contribution in [0.15, 0.2) is 36.4 Å². The summed E-state index contributed by atoms with van der Waals surface area (Å²) in [4.78, 5) is 14.0. The summed E-state index contributed by atoms with van der Waals surface area (Å²) in [7, 11) is 3.06. The lowest BCUT2D eigenvalue weighted by atomic mass is 10.0. The molecule has 1 amide bonds. The van der Waals surface area contributed by atoms with E-state index < -0.39 is 23.9 Å². The van der Waals surface area contributed by atoms with Crippen molar-refractivity contribution in [2.24, 2.45) is 0 Å². The maximum Gasteiger partial charge on any atom is 0.256 e. The number of methoxy groups -OCH3 is 2. The molecule has 0 bridgehead atoms. The van der Waals surface area contributed by atoms with Crippen LogP contribution < -0.4 is 14.2 Å². The van der Waals surface area contributed by atoms with E-state index in [0.717, 1.165) is 6.07 Å². The Kier molecular flexibility index (Phi) is 6.26. The van der Waals surface area contributed by atoms with Gasteiger partial charge < -0.3 is 24.2 Å². The van der Waals surface area contributed by atoms with Crippen LogP contribution >= 0.6 is 11.6 Å². The van der Waals surface area contributed by atoms with E-state index in [-0.39, 0.29) is 17.1 Å². The predicted molar refractivity (Wildman–Crippen MR) is 102 cm³/mol. The van der Waals surface area contributed by atoms with Crippen molar-refractivity contribution in [3.05, 3.63) is 52.8 Å². The van der Waals surface area contributed by atoms with E-state index >= 15 is 0 Å². The van der Waals surface area contributed by atoms with Gasteiger partial charge in [-0.15, -0.1) is 0 Å². The van der Waals surface area contributed by atoms with E-state index in [1.807, 2.05) is 0 Å². The second-order valence-electron chi connectivity index (χ2n) is 6.40. The van der Waals surface area contributed by atoms with Gasteiger partial charge in [0.15, 0.2) is 11.5 Å². The number of β-amino-alcohol motifs (C(OH)–C–C–N with tert-alkyl or cyclic N) is 1. The summed E-state index contributed by atoms with van der Waals surface area (Å²) in [6.45, 7) is 0.370. The molecule has 2 atom stereocenters. The topological polar surface area (TPSA) is 68.2 Å². The monoisotopic (exact) mass is 409 g/mol. The Labute approximate surface area is 167 Å². The molecular formula is C20H21ClFNO5. The number of benzene rings is 2. The van der Waals surface area contributed by atoms with Gasteiger partial charge in [0.2, 0.25) is 0 Å². The summed E-state index contributed by atoms with van der Waals surface area (Å²) >= 11 is 5.73. The summed E-state index contributed by atoms with van der Waals surface area (Å²) in [6.07, 6.45) is -1.02. The predicted octanol–water partition coefficient (Wildman–Crippen LogP) is 3.15. The molecule has 6 nitrogen and oxygen atoms in total.